The van der Waals surface area contributed by atoms with E-state index < -0.39 is 12.1 Å². The number of aliphatic hydroxyl groups is 1. The summed E-state index contributed by atoms with van der Waals surface area (Å²) < 4.78 is 0. The maximum atomic E-state index is 12.7. The van der Waals surface area contributed by atoms with Gasteiger partial charge in [-0.15, -0.1) is 12.4 Å². The van der Waals surface area contributed by atoms with Crippen LogP contribution in [0.5, 0.6) is 0 Å². The van der Waals surface area contributed by atoms with Crippen LogP contribution in [-0.2, 0) is 4.79 Å². The van der Waals surface area contributed by atoms with E-state index in [0.717, 1.165) is 6.42 Å². The summed E-state index contributed by atoms with van der Waals surface area (Å²) in [4.78, 5) is 26.8. The standard InChI is InChI=1S/C17H21Cl2N3O3.ClH/c18-12-4-3-10(6-13(12)19)17(25)22-5-1-2-14(22)16(24)21-8-11-7-20-9-15(11)23;/h3-4,6,11,14-15,20,23H,1-2,5,7-9H2,(H,21,24);1H. The predicted molar refractivity (Wildman–Crippen MR) is 103 cm³/mol. The summed E-state index contributed by atoms with van der Waals surface area (Å²) in [5, 5.41) is 16.5. The molecule has 2 aliphatic rings. The van der Waals surface area contributed by atoms with Gasteiger partial charge in [-0.3, -0.25) is 9.59 Å². The van der Waals surface area contributed by atoms with Crippen molar-refractivity contribution in [3.63, 3.8) is 0 Å². The van der Waals surface area contributed by atoms with Gasteiger partial charge in [0.2, 0.25) is 5.91 Å². The molecule has 0 aliphatic carbocycles. The van der Waals surface area contributed by atoms with Crippen LogP contribution >= 0.6 is 35.6 Å². The molecule has 2 saturated heterocycles. The van der Waals surface area contributed by atoms with Gasteiger partial charge in [0.1, 0.15) is 6.04 Å². The molecular weight excluding hydrogens is 401 g/mol. The van der Waals surface area contributed by atoms with E-state index in [0.29, 0.717) is 48.2 Å². The van der Waals surface area contributed by atoms with Crippen molar-refractivity contribution >= 4 is 47.4 Å². The molecule has 0 spiro atoms. The van der Waals surface area contributed by atoms with Crippen molar-refractivity contribution in [1.82, 2.24) is 15.5 Å². The van der Waals surface area contributed by atoms with Crippen LogP contribution in [0.2, 0.25) is 10.0 Å². The summed E-state index contributed by atoms with van der Waals surface area (Å²) in [5.41, 5.74) is 0.421. The van der Waals surface area contributed by atoms with Gasteiger partial charge in [-0.2, -0.15) is 0 Å². The van der Waals surface area contributed by atoms with E-state index in [-0.39, 0.29) is 30.1 Å². The molecule has 2 aliphatic heterocycles. The van der Waals surface area contributed by atoms with E-state index in [2.05, 4.69) is 10.6 Å². The Morgan fingerprint density at radius 3 is 2.69 bits per heavy atom. The van der Waals surface area contributed by atoms with E-state index in [9.17, 15) is 14.7 Å². The normalized spacial score (nSPS) is 25.0. The van der Waals surface area contributed by atoms with Crippen molar-refractivity contribution in [3.8, 4) is 0 Å². The molecule has 6 nitrogen and oxygen atoms in total. The third-order valence-corrected chi connectivity index (χ3v) is 5.56. The number of halogens is 3. The number of aliphatic hydroxyl groups excluding tert-OH is 1. The second-order valence-electron chi connectivity index (χ2n) is 6.52. The first-order valence-electron chi connectivity index (χ1n) is 8.40. The van der Waals surface area contributed by atoms with E-state index in [1.165, 1.54) is 6.07 Å². The van der Waals surface area contributed by atoms with E-state index in [1.54, 1.807) is 17.0 Å². The number of carbonyl (C=O) groups excluding carboxylic acids is 2. The van der Waals surface area contributed by atoms with Crippen molar-refractivity contribution in [1.29, 1.82) is 0 Å². The van der Waals surface area contributed by atoms with Gasteiger partial charge in [0, 0.05) is 37.7 Å². The lowest BCUT2D eigenvalue weighted by atomic mass is 10.1. The molecule has 1 aromatic rings. The molecule has 3 N–H and O–H groups in total. The Balaban J connectivity index is 0.00000243. The summed E-state index contributed by atoms with van der Waals surface area (Å²) in [6.07, 6.45) is 0.959. The molecule has 2 fully saturated rings. The lowest BCUT2D eigenvalue weighted by Crippen LogP contribution is -2.47. The Morgan fingerprint density at radius 1 is 1.27 bits per heavy atom. The van der Waals surface area contributed by atoms with Gasteiger partial charge in [-0.25, -0.2) is 0 Å². The quantitative estimate of drug-likeness (QED) is 0.690. The SMILES string of the molecule is Cl.O=C(NCC1CNCC1O)C1CCCN1C(=O)c1ccc(Cl)c(Cl)c1. The van der Waals surface area contributed by atoms with Crippen LogP contribution in [0.4, 0.5) is 0 Å². The van der Waals surface area contributed by atoms with E-state index in [4.69, 9.17) is 23.2 Å². The van der Waals surface area contributed by atoms with Gasteiger partial charge < -0.3 is 20.6 Å². The third-order valence-electron chi connectivity index (χ3n) is 4.83. The molecule has 144 valence electrons. The Morgan fingerprint density at radius 2 is 2.04 bits per heavy atom. The fourth-order valence-corrected chi connectivity index (χ4v) is 3.65. The van der Waals surface area contributed by atoms with E-state index in [1.807, 2.05) is 0 Å². The monoisotopic (exact) mass is 421 g/mol. The molecule has 0 radical (unpaired) electrons. The first kappa shape index (κ1) is 21.3. The van der Waals surface area contributed by atoms with Gasteiger partial charge in [-0.1, -0.05) is 23.2 Å². The zero-order valence-electron chi connectivity index (χ0n) is 14.1. The molecule has 2 heterocycles. The number of likely N-dealkylation sites (tertiary alicyclic amines) is 1. The number of amides is 2. The molecular formula is C17H22Cl3N3O3. The largest absolute Gasteiger partial charge is 0.391 e. The Labute approximate surface area is 168 Å². The van der Waals surface area contributed by atoms with Crippen molar-refractivity contribution in [3.05, 3.63) is 33.8 Å². The van der Waals surface area contributed by atoms with Crippen LogP contribution in [0.25, 0.3) is 0 Å². The second kappa shape index (κ2) is 9.24. The Kier molecular flexibility index (Phi) is 7.55. The number of hydrogen-bond acceptors (Lipinski definition) is 4. The highest BCUT2D eigenvalue weighted by molar-refractivity contribution is 6.42. The summed E-state index contributed by atoms with van der Waals surface area (Å²) in [5.74, 6) is -0.395. The van der Waals surface area contributed by atoms with Gasteiger partial charge in [0.05, 0.1) is 16.1 Å². The topological polar surface area (TPSA) is 81.7 Å². The predicted octanol–water partition coefficient (Wildman–Crippen LogP) is 1.72. The molecule has 0 saturated carbocycles. The summed E-state index contributed by atoms with van der Waals surface area (Å²) in [6.45, 7) is 2.16. The van der Waals surface area contributed by atoms with Gasteiger partial charge >= 0.3 is 0 Å². The molecule has 9 heteroatoms. The van der Waals surface area contributed by atoms with Gasteiger partial charge in [-0.05, 0) is 31.0 Å². The van der Waals surface area contributed by atoms with Crippen molar-refractivity contribution in [2.24, 2.45) is 5.92 Å². The zero-order chi connectivity index (χ0) is 18.0. The van der Waals surface area contributed by atoms with Crippen LogP contribution in [0.3, 0.4) is 0 Å². The first-order chi connectivity index (χ1) is 12.0. The summed E-state index contributed by atoms with van der Waals surface area (Å²) >= 11 is 11.9. The summed E-state index contributed by atoms with van der Waals surface area (Å²) in [6, 6.07) is 4.23. The number of carbonyl (C=O) groups is 2. The fraction of sp³-hybridized carbons (Fsp3) is 0.529. The number of rotatable bonds is 4. The minimum Gasteiger partial charge on any atom is -0.391 e. The van der Waals surface area contributed by atoms with Crippen LogP contribution in [0.15, 0.2) is 18.2 Å². The minimum atomic E-state index is -0.492. The Bertz CT molecular complexity index is 674. The highest BCUT2D eigenvalue weighted by Crippen LogP contribution is 2.26. The van der Waals surface area contributed by atoms with Crippen LogP contribution < -0.4 is 10.6 Å². The minimum absolute atomic E-state index is 0. The summed E-state index contributed by atoms with van der Waals surface area (Å²) in [7, 11) is 0. The molecule has 3 rings (SSSR count). The molecule has 26 heavy (non-hydrogen) atoms. The smallest absolute Gasteiger partial charge is 0.254 e. The lowest BCUT2D eigenvalue weighted by Gasteiger charge is -2.25. The van der Waals surface area contributed by atoms with Crippen molar-refractivity contribution in [2.45, 2.75) is 25.0 Å². The molecule has 1 aromatic carbocycles. The van der Waals surface area contributed by atoms with E-state index >= 15 is 0 Å². The van der Waals surface area contributed by atoms with Gasteiger partial charge in [0.15, 0.2) is 0 Å². The maximum Gasteiger partial charge on any atom is 0.254 e. The molecule has 2 amide bonds. The highest BCUT2D eigenvalue weighted by atomic mass is 35.5. The third kappa shape index (κ3) is 4.61. The molecule has 0 bridgehead atoms. The second-order valence-corrected chi connectivity index (χ2v) is 7.33. The maximum absolute atomic E-state index is 12.7. The first-order valence-corrected chi connectivity index (χ1v) is 9.15. The zero-order valence-corrected chi connectivity index (χ0v) is 16.4. The average Bonchev–Trinajstić information content (AvgIpc) is 3.23. The number of nitrogens with one attached hydrogen (secondary N) is 2. The Hall–Kier alpha value is -1.05. The fourth-order valence-electron chi connectivity index (χ4n) is 3.35. The van der Waals surface area contributed by atoms with Crippen molar-refractivity contribution < 1.29 is 14.7 Å². The number of nitrogens with zero attached hydrogens (tertiary/aromatic N) is 1. The number of hydrogen-bond donors (Lipinski definition) is 3. The van der Waals surface area contributed by atoms with Crippen molar-refractivity contribution in [2.75, 3.05) is 26.2 Å². The van der Waals surface area contributed by atoms with Crippen LogP contribution in [-0.4, -0.2) is 60.1 Å². The molecule has 3 atom stereocenters. The molecule has 3 unspecified atom stereocenters. The number of benzene rings is 1. The average molecular weight is 423 g/mol. The van der Waals surface area contributed by atoms with Gasteiger partial charge in [0.25, 0.3) is 5.91 Å². The molecule has 0 aromatic heterocycles. The highest BCUT2D eigenvalue weighted by Gasteiger charge is 2.35. The number of β-amino-alcohol motifs (C(OH)–C–C–N with tert-alkyl or cyclic N) is 1. The lowest BCUT2D eigenvalue weighted by molar-refractivity contribution is -0.125. The van der Waals surface area contributed by atoms with Crippen LogP contribution in [0, 0.1) is 5.92 Å². The van der Waals surface area contributed by atoms with Crippen LogP contribution in [0.1, 0.15) is 23.2 Å².